The van der Waals surface area contributed by atoms with Crippen molar-refractivity contribution in [2.45, 2.75) is 31.8 Å². The minimum absolute atomic E-state index is 0.181. The molecule has 1 saturated heterocycles. The summed E-state index contributed by atoms with van der Waals surface area (Å²) in [5, 5.41) is 11.1. The molecule has 2 aliphatic rings. The Bertz CT molecular complexity index is 1080. The van der Waals surface area contributed by atoms with Crippen molar-refractivity contribution in [1.82, 2.24) is 4.90 Å². The maximum absolute atomic E-state index is 12.9. The zero-order chi connectivity index (χ0) is 22.1. The molecule has 0 radical (unpaired) electrons. The highest BCUT2D eigenvalue weighted by molar-refractivity contribution is 5.98. The van der Waals surface area contributed by atoms with Crippen molar-refractivity contribution >= 4 is 5.78 Å². The molecule has 3 aromatic carbocycles. The molecule has 3 aromatic rings. The van der Waals surface area contributed by atoms with Gasteiger partial charge in [0.25, 0.3) is 0 Å². The van der Waals surface area contributed by atoms with Gasteiger partial charge in [-0.15, -0.1) is 0 Å². The number of benzene rings is 3. The number of nitrogens with zero attached hydrogens (tertiary/aromatic N) is 1. The summed E-state index contributed by atoms with van der Waals surface area (Å²) in [6.45, 7) is 4.38. The SMILES string of the molecule is Cc1cccc(-c2ccc(C(=O)CN3C[C@@H]4C[C@@](O)(Cc5ccccc5)C[C@@H]4C3)cc2)c1. The summed E-state index contributed by atoms with van der Waals surface area (Å²) in [7, 11) is 0. The fourth-order valence-corrected chi connectivity index (χ4v) is 5.77. The number of carbonyl (C=O) groups is 1. The van der Waals surface area contributed by atoms with Gasteiger partial charge in [0, 0.05) is 25.1 Å². The fraction of sp³-hybridized carbons (Fsp3) is 0.345. The number of hydrogen-bond acceptors (Lipinski definition) is 3. The quantitative estimate of drug-likeness (QED) is 0.555. The molecule has 0 spiro atoms. The first kappa shape index (κ1) is 21.1. The Kier molecular flexibility index (Phi) is 5.71. The van der Waals surface area contributed by atoms with Crippen LogP contribution in [0.3, 0.4) is 0 Å². The number of rotatable bonds is 6. The lowest BCUT2D eigenvalue weighted by Crippen LogP contribution is -2.34. The van der Waals surface area contributed by atoms with Crippen LogP contribution >= 0.6 is 0 Å². The van der Waals surface area contributed by atoms with E-state index in [0.29, 0.717) is 18.4 Å². The average molecular weight is 426 g/mol. The van der Waals surface area contributed by atoms with Crippen LogP contribution in [0.15, 0.2) is 78.9 Å². The van der Waals surface area contributed by atoms with Crippen molar-refractivity contribution in [1.29, 1.82) is 0 Å². The summed E-state index contributed by atoms with van der Waals surface area (Å²) >= 11 is 0. The molecule has 3 nitrogen and oxygen atoms in total. The predicted octanol–water partition coefficient (Wildman–Crippen LogP) is 5.16. The van der Waals surface area contributed by atoms with Gasteiger partial charge >= 0.3 is 0 Å². The Balaban J connectivity index is 1.17. The van der Waals surface area contributed by atoms with Crippen LogP contribution in [0.1, 0.15) is 34.3 Å². The van der Waals surface area contributed by atoms with Gasteiger partial charge in [-0.3, -0.25) is 9.69 Å². The van der Waals surface area contributed by atoms with E-state index < -0.39 is 5.60 Å². The normalized spacial score (nSPS) is 25.1. The highest BCUT2D eigenvalue weighted by Gasteiger charge is 2.48. The van der Waals surface area contributed by atoms with E-state index in [9.17, 15) is 9.90 Å². The van der Waals surface area contributed by atoms with Gasteiger partial charge < -0.3 is 5.11 Å². The third-order valence-electron chi connectivity index (χ3n) is 7.24. The first-order chi connectivity index (χ1) is 15.5. The molecule has 164 valence electrons. The van der Waals surface area contributed by atoms with Crippen molar-refractivity contribution < 1.29 is 9.90 Å². The van der Waals surface area contributed by atoms with Gasteiger partial charge in [0.1, 0.15) is 0 Å². The number of likely N-dealkylation sites (tertiary alicyclic amines) is 1. The number of ketones is 1. The minimum Gasteiger partial charge on any atom is -0.390 e. The van der Waals surface area contributed by atoms with Crippen LogP contribution in [0, 0.1) is 18.8 Å². The van der Waals surface area contributed by atoms with Crippen molar-refractivity contribution in [2.75, 3.05) is 19.6 Å². The van der Waals surface area contributed by atoms with Gasteiger partial charge in [0.15, 0.2) is 5.78 Å². The van der Waals surface area contributed by atoms with E-state index in [2.05, 4.69) is 48.2 Å². The van der Waals surface area contributed by atoms with E-state index in [1.807, 2.05) is 42.5 Å². The van der Waals surface area contributed by atoms with Crippen LogP contribution in [0.4, 0.5) is 0 Å². The van der Waals surface area contributed by atoms with Gasteiger partial charge in [0.05, 0.1) is 12.1 Å². The Morgan fingerprint density at radius 3 is 2.25 bits per heavy atom. The summed E-state index contributed by atoms with van der Waals surface area (Å²) in [4.78, 5) is 15.2. The van der Waals surface area contributed by atoms with E-state index in [-0.39, 0.29) is 5.78 Å². The standard InChI is InChI=1S/C29H31NO2/c1-21-6-5-9-25(14-21)23-10-12-24(13-11-23)28(31)20-30-18-26-16-29(32,17-27(26)19-30)15-22-7-3-2-4-8-22/h2-14,26-27,32H,15-20H2,1H3/t26-,27+,29-. The topological polar surface area (TPSA) is 40.5 Å². The molecule has 5 rings (SSSR count). The van der Waals surface area contributed by atoms with Gasteiger partial charge in [-0.05, 0) is 48.3 Å². The van der Waals surface area contributed by atoms with E-state index >= 15 is 0 Å². The average Bonchev–Trinajstić information content (AvgIpc) is 3.28. The fourth-order valence-electron chi connectivity index (χ4n) is 5.77. The number of fused-ring (bicyclic) bond motifs is 1. The Hall–Kier alpha value is -2.75. The van der Waals surface area contributed by atoms with E-state index in [4.69, 9.17) is 0 Å². The smallest absolute Gasteiger partial charge is 0.176 e. The maximum Gasteiger partial charge on any atom is 0.176 e. The van der Waals surface area contributed by atoms with E-state index in [0.717, 1.165) is 43.5 Å². The number of Topliss-reactive ketones (excluding diaryl/α,β-unsaturated/α-hetero) is 1. The summed E-state index contributed by atoms with van der Waals surface area (Å²) in [5.74, 6) is 1.15. The van der Waals surface area contributed by atoms with Crippen molar-refractivity contribution in [2.24, 2.45) is 11.8 Å². The monoisotopic (exact) mass is 425 g/mol. The zero-order valence-corrected chi connectivity index (χ0v) is 18.7. The third kappa shape index (κ3) is 4.55. The number of hydrogen-bond donors (Lipinski definition) is 1. The lowest BCUT2D eigenvalue weighted by Gasteiger charge is -2.26. The second-order valence-electron chi connectivity index (χ2n) is 9.88. The lowest BCUT2D eigenvalue weighted by atomic mass is 9.91. The largest absolute Gasteiger partial charge is 0.390 e. The second kappa shape index (κ2) is 8.65. The van der Waals surface area contributed by atoms with Crippen molar-refractivity contribution in [3.05, 3.63) is 95.6 Å². The maximum atomic E-state index is 12.9. The molecule has 3 heteroatoms. The van der Waals surface area contributed by atoms with Crippen LogP contribution in [0.25, 0.3) is 11.1 Å². The predicted molar refractivity (Wildman–Crippen MR) is 129 cm³/mol. The van der Waals surface area contributed by atoms with Gasteiger partial charge in [-0.1, -0.05) is 84.4 Å². The van der Waals surface area contributed by atoms with Crippen LogP contribution in [0.2, 0.25) is 0 Å². The van der Waals surface area contributed by atoms with E-state index in [1.54, 1.807) is 0 Å². The lowest BCUT2D eigenvalue weighted by molar-refractivity contribution is 0.0355. The van der Waals surface area contributed by atoms with Gasteiger partial charge in [-0.25, -0.2) is 0 Å². The van der Waals surface area contributed by atoms with Crippen LogP contribution in [0.5, 0.6) is 0 Å². The molecule has 0 bridgehead atoms. The summed E-state index contributed by atoms with van der Waals surface area (Å²) in [6.07, 6.45) is 2.40. The Morgan fingerprint density at radius 1 is 0.906 bits per heavy atom. The number of carbonyl (C=O) groups excluding carboxylic acids is 1. The Labute approximate surface area is 190 Å². The highest BCUT2D eigenvalue weighted by atomic mass is 16.3. The van der Waals surface area contributed by atoms with Crippen LogP contribution in [-0.2, 0) is 6.42 Å². The molecule has 0 aromatic heterocycles. The molecule has 0 unspecified atom stereocenters. The molecule has 0 amide bonds. The number of aliphatic hydroxyl groups is 1. The number of aryl methyl sites for hydroxylation is 1. The van der Waals surface area contributed by atoms with Crippen molar-refractivity contribution in [3.8, 4) is 11.1 Å². The zero-order valence-electron chi connectivity index (χ0n) is 18.7. The molecular weight excluding hydrogens is 394 g/mol. The summed E-state index contributed by atoms with van der Waals surface area (Å²) in [6, 6.07) is 26.7. The van der Waals surface area contributed by atoms with Crippen molar-refractivity contribution in [3.63, 3.8) is 0 Å². The van der Waals surface area contributed by atoms with E-state index in [1.165, 1.54) is 16.7 Å². The first-order valence-electron chi connectivity index (χ1n) is 11.7. The molecule has 1 aliphatic heterocycles. The molecular formula is C29H31NO2. The molecule has 1 heterocycles. The highest BCUT2D eigenvalue weighted by Crippen LogP contribution is 2.45. The van der Waals surface area contributed by atoms with Crippen LogP contribution < -0.4 is 0 Å². The van der Waals surface area contributed by atoms with Gasteiger partial charge in [0.2, 0.25) is 0 Å². The molecule has 1 saturated carbocycles. The molecule has 1 aliphatic carbocycles. The molecule has 2 fully saturated rings. The molecule has 3 atom stereocenters. The summed E-state index contributed by atoms with van der Waals surface area (Å²) in [5.41, 5.74) is 4.93. The second-order valence-corrected chi connectivity index (χ2v) is 9.88. The summed E-state index contributed by atoms with van der Waals surface area (Å²) < 4.78 is 0. The van der Waals surface area contributed by atoms with Crippen LogP contribution in [-0.4, -0.2) is 41.0 Å². The van der Waals surface area contributed by atoms with Gasteiger partial charge in [-0.2, -0.15) is 0 Å². The third-order valence-corrected chi connectivity index (χ3v) is 7.24. The molecule has 32 heavy (non-hydrogen) atoms. The minimum atomic E-state index is -0.599. The first-order valence-corrected chi connectivity index (χ1v) is 11.7. The molecule has 1 N–H and O–H groups in total. The Morgan fingerprint density at radius 2 is 1.59 bits per heavy atom.